The van der Waals surface area contributed by atoms with E-state index in [9.17, 15) is 9.59 Å². The fourth-order valence-electron chi connectivity index (χ4n) is 3.29. The quantitative estimate of drug-likeness (QED) is 0.909. The van der Waals surface area contributed by atoms with Gasteiger partial charge in [0.05, 0.1) is 0 Å². The minimum absolute atomic E-state index is 0.0446. The van der Waals surface area contributed by atoms with Crippen molar-refractivity contribution in [3.05, 3.63) is 65.2 Å². The third-order valence-electron chi connectivity index (χ3n) is 4.55. The zero-order chi connectivity index (χ0) is 17.8. The number of carbonyl (C=O) groups excluding carboxylic acids is 1. The Morgan fingerprint density at radius 1 is 1.20 bits per heavy atom. The van der Waals surface area contributed by atoms with Gasteiger partial charge < -0.3 is 14.7 Å². The molecule has 25 heavy (non-hydrogen) atoms. The van der Waals surface area contributed by atoms with Gasteiger partial charge in [-0.1, -0.05) is 30.3 Å². The average Bonchev–Trinajstić information content (AvgIpc) is 3.10. The molecule has 0 aromatic heterocycles. The molecule has 1 amide bonds. The molecule has 0 spiro atoms. The van der Waals surface area contributed by atoms with Crippen LogP contribution in [0, 0.1) is 6.92 Å². The molecular formula is C20H21NO4. The van der Waals surface area contributed by atoms with Gasteiger partial charge in [-0.15, -0.1) is 0 Å². The number of carbonyl (C=O) groups is 2. The number of carboxylic acid groups (broad SMARTS) is 1. The van der Waals surface area contributed by atoms with Crippen LogP contribution in [0.5, 0.6) is 5.75 Å². The number of carboxylic acids is 1. The van der Waals surface area contributed by atoms with E-state index in [2.05, 4.69) is 19.1 Å². The van der Waals surface area contributed by atoms with E-state index in [1.54, 1.807) is 24.3 Å². The number of aliphatic carboxylic acids is 1. The first-order chi connectivity index (χ1) is 12.0. The van der Waals surface area contributed by atoms with Crippen molar-refractivity contribution in [3.63, 3.8) is 0 Å². The number of amides is 1. The maximum atomic E-state index is 12.8. The van der Waals surface area contributed by atoms with Crippen LogP contribution in [-0.2, 0) is 4.79 Å². The van der Waals surface area contributed by atoms with E-state index in [4.69, 9.17) is 9.84 Å². The lowest BCUT2D eigenvalue weighted by molar-refractivity contribution is -0.139. The number of nitrogens with zero attached hydrogens (tertiary/aromatic N) is 1. The third kappa shape index (κ3) is 3.99. The molecule has 5 heteroatoms. The predicted molar refractivity (Wildman–Crippen MR) is 94.0 cm³/mol. The number of likely N-dealkylation sites (tertiary alicyclic amines) is 1. The van der Waals surface area contributed by atoms with Crippen LogP contribution < -0.4 is 4.74 Å². The number of hydrogen-bond acceptors (Lipinski definition) is 3. The molecule has 0 aliphatic carbocycles. The zero-order valence-corrected chi connectivity index (χ0v) is 14.1. The second kappa shape index (κ2) is 7.38. The Morgan fingerprint density at radius 2 is 2.00 bits per heavy atom. The van der Waals surface area contributed by atoms with Crippen LogP contribution in [0.2, 0.25) is 0 Å². The Morgan fingerprint density at radius 3 is 2.76 bits per heavy atom. The van der Waals surface area contributed by atoms with E-state index in [1.165, 1.54) is 11.1 Å². The van der Waals surface area contributed by atoms with Crippen LogP contribution >= 0.6 is 0 Å². The fraction of sp³-hybridized carbons (Fsp3) is 0.300. The highest BCUT2D eigenvalue weighted by Crippen LogP contribution is 2.30. The second-order valence-corrected chi connectivity index (χ2v) is 6.30. The van der Waals surface area contributed by atoms with Gasteiger partial charge >= 0.3 is 5.97 Å². The van der Waals surface area contributed by atoms with Gasteiger partial charge in [0.1, 0.15) is 5.75 Å². The van der Waals surface area contributed by atoms with Gasteiger partial charge in [0.25, 0.3) is 5.91 Å². The molecule has 1 atom stereocenters. The van der Waals surface area contributed by atoms with Gasteiger partial charge in [0.15, 0.2) is 6.61 Å². The van der Waals surface area contributed by atoms with E-state index < -0.39 is 12.6 Å². The minimum Gasteiger partial charge on any atom is -0.482 e. The first-order valence-corrected chi connectivity index (χ1v) is 8.34. The third-order valence-corrected chi connectivity index (χ3v) is 4.55. The SMILES string of the molecule is Cc1ccccc1C1CCN(C(=O)c2cccc(OCC(=O)O)c2)C1. The standard InChI is InChI=1S/C20H21NO4/c1-14-5-2-3-8-18(14)16-9-10-21(12-16)20(24)15-6-4-7-17(11-15)25-13-19(22)23/h2-8,11,16H,9-10,12-13H2,1H3,(H,22,23). The van der Waals surface area contributed by atoms with Gasteiger partial charge in [-0.3, -0.25) is 4.79 Å². The first-order valence-electron chi connectivity index (χ1n) is 8.34. The number of hydrogen-bond donors (Lipinski definition) is 1. The summed E-state index contributed by atoms with van der Waals surface area (Å²) in [4.78, 5) is 25.2. The zero-order valence-electron chi connectivity index (χ0n) is 14.1. The fourth-order valence-corrected chi connectivity index (χ4v) is 3.29. The highest BCUT2D eigenvalue weighted by Gasteiger charge is 2.28. The van der Waals surface area contributed by atoms with Crippen LogP contribution in [-0.4, -0.2) is 41.6 Å². The first kappa shape index (κ1) is 17.0. The van der Waals surface area contributed by atoms with Gasteiger partial charge in [0, 0.05) is 24.6 Å². The summed E-state index contributed by atoms with van der Waals surface area (Å²) in [6.45, 7) is 3.10. The van der Waals surface area contributed by atoms with E-state index in [0.29, 0.717) is 23.8 Å². The summed E-state index contributed by atoms with van der Waals surface area (Å²) in [6.07, 6.45) is 0.950. The molecule has 2 aromatic carbocycles. The average molecular weight is 339 g/mol. The van der Waals surface area contributed by atoms with Crippen molar-refractivity contribution < 1.29 is 19.4 Å². The Bertz CT molecular complexity index is 787. The predicted octanol–water partition coefficient (Wildman–Crippen LogP) is 3.09. The van der Waals surface area contributed by atoms with Gasteiger partial charge in [-0.05, 0) is 42.7 Å². The monoisotopic (exact) mass is 339 g/mol. The van der Waals surface area contributed by atoms with Gasteiger partial charge in [0.2, 0.25) is 0 Å². The molecule has 2 aromatic rings. The Kier molecular flexibility index (Phi) is 5.03. The van der Waals surface area contributed by atoms with Crippen LogP contribution in [0.1, 0.15) is 33.8 Å². The van der Waals surface area contributed by atoms with Crippen molar-refractivity contribution >= 4 is 11.9 Å². The molecule has 1 heterocycles. The number of aryl methyl sites for hydroxylation is 1. The normalized spacial score (nSPS) is 16.7. The van der Waals surface area contributed by atoms with Crippen molar-refractivity contribution in [2.24, 2.45) is 0 Å². The van der Waals surface area contributed by atoms with Crippen molar-refractivity contribution in [2.45, 2.75) is 19.3 Å². The number of benzene rings is 2. The van der Waals surface area contributed by atoms with E-state index >= 15 is 0 Å². The summed E-state index contributed by atoms with van der Waals surface area (Å²) in [6, 6.07) is 15.0. The molecular weight excluding hydrogens is 318 g/mol. The lowest BCUT2D eigenvalue weighted by Gasteiger charge is -2.18. The highest BCUT2D eigenvalue weighted by molar-refractivity contribution is 5.94. The largest absolute Gasteiger partial charge is 0.482 e. The summed E-state index contributed by atoms with van der Waals surface area (Å²) in [7, 11) is 0. The maximum absolute atomic E-state index is 12.8. The van der Waals surface area contributed by atoms with Crippen molar-refractivity contribution in [2.75, 3.05) is 19.7 Å². The van der Waals surface area contributed by atoms with Crippen molar-refractivity contribution in [1.29, 1.82) is 0 Å². The Balaban J connectivity index is 1.69. The van der Waals surface area contributed by atoms with Crippen LogP contribution in [0.3, 0.4) is 0 Å². The molecule has 0 bridgehead atoms. The summed E-state index contributed by atoms with van der Waals surface area (Å²) in [5.74, 6) is -0.339. The number of ether oxygens (including phenoxy) is 1. The molecule has 1 aliphatic rings. The topological polar surface area (TPSA) is 66.8 Å². The molecule has 0 saturated carbocycles. The summed E-state index contributed by atoms with van der Waals surface area (Å²) >= 11 is 0. The summed E-state index contributed by atoms with van der Waals surface area (Å²) in [5, 5.41) is 8.69. The molecule has 1 unspecified atom stereocenters. The molecule has 0 radical (unpaired) electrons. The van der Waals surface area contributed by atoms with E-state index in [-0.39, 0.29) is 5.91 Å². The molecule has 1 N–H and O–H groups in total. The molecule has 3 rings (SSSR count). The van der Waals surface area contributed by atoms with Gasteiger partial charge in [-0.25, -0.2) is 4.79 Å². The minimum atomic E-state index is -1.04. The van der Waals surface area contributed by atoms with Gasteiger partial charge in [-0.2, -0.15) is 0 Å². The van der Waals surface area contributed by atoms with Crippen LogP contribution in [0.15, 0.2) is 48.5 Å². The van der Waals surface area contributed by atoms with E-state index in [0.717, 1.165) is 13.0 Å². The second-order valence-electron chi connectivity index (χ2n) is 6.30. The Hall–Kier alpha value is -2.82. The highest BCUT2D eigenvalue weighted by atomic mass is 16.5. The molecule has 5 nitrogen and oxygen atoms in total. The molecule has 1 aliphatic heterocycles. The molecule has 130 valence electrons. The van der Waals surface area contributed by atoms with Crippen molar-refractivity contribution in [3.8, 4) is 5.75 Å². The molecule has 1 fully saturated rings. The smallest absolute Gasteiger partial charge is 0.341 e. The lowest BCUT2D eigenvalue weighted by atomic mass is 9.94. The lowest BCUT2D eigenvalue weighted by Crippen LogP contribution is -2.28. The molecule has 1 saturated heterocycles. The maximum Gasteiger partial charge on any atom is 0.341 e. The van der Waals surface area contributed by atoms with E-state index in [1.807, 2.05) is 17.0 Å². The van der Waals surface area contributed by atoms with Crippen molar-refractivity contribution in [1.82, 2.24) is 4.90 Å². The Labute approximate surface area is 146 Å². The summed E-state index contributed by atoms with van der Waals surface area (Å²) < 4.78 is 5.16. The summed E-state index contributed by atoms with van der Waals surface area (Å²) in [5.41, 5.74) is 3.08. The number of rotatable bonds is 5. The van der Waals surface area contributed by atoms with Crippen LogP contribution in [0.25, 0.3) is 0 Å². The van der Waals surface area contributed by atoms with Crippen LogP contribution in [0.4, 0.5) is 0 Å².